The first-order chi connectivity index (χ1) is 18.9. The normalized spacial score (nSPS) is 18.3. The van der Waals surface area contributed by atoms with Gasteiger partial charge in [0.05, 0.1) is 12.6 Å². The van der Waals surface area contributed by atoms with Crippen LogP contribution in [0.3, 0.4) is 0 Å². The van der Waals surface area contributed by atoms with E-state index in [0.29, 0.717) is 30.6 Å². The number of carbonyl (C=O) groups excluding carboxylic acids is 3. The Bertz CT molecular complexity index is 1330. The van der Waals surface area contributed by atoms with Crippen LogP contribution < -0.4 is 5.32 Å². The maximum absolute atomic E-state index is 15.1. The molecule has 1 fully saturated rings. The predicted octanol–water partition coefficient (Wildman–Crippen LogP) is 3.70. The number of likely N-dealkylation sites (N-methyl/N-ethyl adjacent to an activating group) is 1. The van der Waals surface area contributed by atoms with Crippen LogP contribution in [0.4, 0.5) is 9.18 Å². The molecule has 1 unspecified atom stereocenters. The van der Waals surface area contributed by atoms with Crippen molar-refractivity contribution in [2.75, 3.05) is 33.3 Å². The molecule has 0 aliphatic carbocycles. The lowest BCUT2D eigenvalue weighted by Gasteiger charge is -2.27. The minimum absolute atomic E-state index is 0.00931. The lowest BCUT2D eigenvalue weighted by atomic mass is 9.93. The van der Waals surface area contributed by atoms with E-state index < -0.39 is 35.6 Å². The van der Waals surface area contributed by atoms with Gasteiger partial charge in [0, 0.05) is 38.7 Å². The third kappa shape index (κ3) is 6.96. The van der Waals surface area contributed by atoms with E-state index in [0.717, 1.165) is 17.5 Å². The smallest absolute Gasteiger partial charge is 0.410 e. The number of nitrogens with zero attached hydrogens (tertiary/aromatic N) is 3. The zero-order chi connectivity index (χ0) is 29.0. The summed E-state index contributed by atoms with van der Waals surface area (Å²) >= 11 is 0. The third-order valence-corrected chi connectivity index (χ3v) is 6.90. The maximum Gasteiger partial charge on any atom is 0.410 e. The van der Waals surface area contributed by atoms with E-state index in [1.807, 2.05) is 12.1 Å². The van der Waals surface area contributed by atoms with Crippen LogP contribution in [0.5, 0.6) is 0 Å². The van der Waals surface area contributed by atoms with E-state index >= 15 is 4.39 Å². The number of nitrogens with one attached hydrogen (secondary N) is 1. The molecule has 2 aliphatic rings. The van der Waals surface area contributed by atoms with E-state index in [9.17, 15) is 19.6 Å². The SMILES string of the molecule is CN1CCc2cc(-c3ccc(CC(C#N)NC(=O)[C@@H]4CN(C(=O)OC(C)(C)C)CCCO4)c(F)c3)ccc2C1=O. The van der Waals surface area contributed by atoms with Gasteiger partial charge >= 0.3 is 6.09 Å². The summed E-state index contributed by atoms with van der Waals surface area (Å²) in [6, 6.07) is 11.3. The zero-order valence-electron chi connectivity index (χ0n) is 23.3. The van der Waals surface area contributed by atoms with Crippen molar-refractivity contribution in [3.8, 4) is 17.2 Å². The summed E-state index contributed by atoms with van der Waals surface area (Å²) in [5.41, 5.74) is 2.65. The minimum Gasteiger partial charge on any atom is -0.444 e. The minimum atomic E-state index is -0.999. The molecule has 1 saturated heterocycles. The van der Waals surface area contributed by atoms with E-state index in [1.54, 1.807) is 57.0 Å². The predicted molar refractivity (Wildman–Crippen MR) is 146 cm³/mol. The van der Waals surface area contributed by atoms with Gasteiger partial charge in [-0.2, -0.15) is 5.26 Å². The van der Waals surface area contributed by atoms with Gasteiger partial charge in [0.2, 0.25) is 0 Å². The van der Waals surface area contributed by atoms with Gasteiger partial charge in [-0.25, -0.2) is 9.18 Å². The lowest BCUT2D eigenvalue weighted by molar-refractivity contribution is -0.133. The molecule has 0 bridgehead atoms. The van der Waals surface area contributed by atoms with Crippen molar-refractivity contribution < 1.29 is 28.2 Å². The highest BCUT2D eigenvalue weighted by molar-refractivity contribution is 5.97. The Labute approximate surface area is 233 Å². The average molecular weight is 551 g/mol. The average Bonchev–Trinajstić information content (AvgIpc) is 3.17. The van der Waals surface area contributed by atoms with Crippen LogP contribution in [0.2, 0.25) is 0 Å². The molecule has 2 heterocycles. The van der Waals surface area contributed by atoms with Crippen molar-refractivity contribution in [3.63, 3.8) is 0 Å². The summed E-state index contributed by atoms with van der Waals surface area (Å²) in [7, 11) is 1.77. The Kier molecular flexibility index (Phi) is 8.74. The summed E-state index contributed by atoms with van der Waals surface area (Å²) in [6.45, 7) is 6.58. The van der Waals surface area contributed by atoms with Gasteiger partial charge in [0.1, 0.15) is 17.5 Å². The number of halogens is 1. The fraction of sp³-hybridized carbons (Fsp3) is 0.467. The van der Waals surface area contributed by atoms with Crippen molar-refractivity contribution in [1.29, 1.82) is 5.26 Å². The van der Waals surface area contributed by atoms with Crippen LogP contribution >= 0.6 is 0 Å². The molecule has 0 saturated carbocycles. The van der Waals surface area contributed by atoms with E-state index in [2.05, 4.69) is 5.32 Å². The number of benzene rings is 2. The molecule has 0 radical (unpaired) electrons. The van der Waals surface area contributed by atoms with Crippen LogP contribution in [0, 0.1) is 17.1 Å². The van der Waals surface area contributed by atoms with Crippen molar-refractivity contribution in [2.45, 2.75) is 57.8 Å². The topological polar surface area (TPSA) is 112 Å². The first-order valence-electron chi connectivity index (χ1n) is 13.4. The van der Waals surface area contributed by atoms with Gasteiger partial charge < -0.3 is 24.6 Å². The van der Waals surface area contributed by atoms with Gasteiger partial charge in [0.15, 0.2) is 6.10 Å². The molecule has 9 nitrogen and oxygen atoms in total. The lowest BCUT2D eigenvalue weighted by Crippen LogP contribution is -2.48. The molecule has 2 aromatic carbocycles. The largest absolute Gasteiger partial charge is 0.444 e. The molecular weight excluding hydrogens is 515 g/mol. The number of carbonyl (C=O) groups is 3. The molecule has 3 amide bonds. The second kappa shape index (κ2) is 12.0. The van der Waals surface area contributed by atoms with Crippen LogP contribution in [-0.2, 0) is 27.1 Å². The highest BCUT2D eigenvalue weighted by Crippen LogP contribution is 2.27. The van der Waals surface area contributed by atoms with Crippen molar-refractivity contribution in [2.24, 2.45) is 0 Å². The van der Waals surface area contributed by atoms with Crippen LogP contribution in [0.25, 0.3) is 11.1 Å². The monoisotopic (exact) mass is 550 g/mol. The highest BCUT2D eigenvalue weighted by atomic mass is 19.1. The van der Waals surface area contributed by atoms with Gasteiger partial charge in [-0.15, -0.1) is 0 Å². The molecule has 4 rings (SSSR count). The van der Waals surface area contributed by atoms with Gasteiger partial charge in [-0.05, 0) is 68.0 Å². The summed E-state index contributed by atoms with van der Waals surface area (Å²) in [5, 5.41) is 12.3. The molecule has 0 aromatic heterocycles. The second-order valence-corrected chi connectivity index (χ2v) is 11.2. The molecule has 10 heteroatoms. The Balaban J connectivity index is 1.41. The van der Waals surface area contributed by atoms with Crippen LogP contribution in [0.1, 0.15) is 48.7 Å². The highest BCUT2D eigenvalue weighted by Gasteiger charge is 2.31. The summed E-state index contributed by atoms with van der Waals surface area (Å²) in [6.07, 6.45) is -0.279. The fourth-order valence-electron chi connectivity index (χ4n) is 4.77. The Hall–Kier alpha value is -3.97. The molecule has 2 aliphatic heterocycles. The molecule has 40 heavy (non-hydrogen) atoms. The third-order valence-electron chi connectivity index (χ3n) is 6.90. The van der Waals surface area contributed by atoms with Crippen LogP contribution in [-0.4, -0.2) is 78.7 Å². The Morgan fingerprint density at radius 3 is 2.62 bits per heavy atom. The van der Waals surface area contributed by atoms with E-state index in [1.165, 1.54) is 11.0 Å². The van der Waals surface area contributed by atoms with Crippen molar-refractivity contribution in [3.05, 3.63) is 58.9 Å². The first-order valence-corrected chi connectivity index (χ1v) is 13.4. The number of nitriles is 1. The molecule has 212 valence electrons. The van der Waals surface area contributed by atoms with Gasteiger partial charge in [-0.1, -0.05) is 24.3 Å². The summed E-state index contributed by atoms with van der Waals surface area (Å²) < 4.78 is 26.2. The van der Waals surface area contributed by atoms with Gasteiger partial charge in [-0.3, -0.25) is 9.59 Å². The Morgan fingerprint density at radius 1 is 1.20 bits per heavy atom. The number of ether oxygens (including phenoxy) is 2. The van der Waals surface area contributed by atoms with E-state index in [-0.39, 0.29) is 31.0 Å². The quantitative estimate of drug-likeness (QED) is 0.608. The van der Waals surface area contributed by atoms with Crippen molar-refractivity contribution >= 4 is 17.9 Å². The number of hydrogen-bond acceptors (Lipinski definition) is 6. The number of hydrogen-bond donors (Lipinski definition) is 1. The molecular formula is C30H35FN4O5. The standard InChI is InChI=1S/C30H35FN4O5/c1-30(2,3)40-29(38)35-11-5-13-39-26(18-35)27(36)33-23(17-32)15-22-7-6-20(16-25(22)31)19-8-9-24-21(14-19)10-12-34(4)28(24)37/h6-9,14,16,23,26H,5,10-13,15,18H2,1-4H3,(H,33,36)/t23?,26-/m0/s1. The van der Waals surface area contributed by atoms with Crippen LogP contribution in [0.15, 0.2) is 36.4 Å². The molecule has 0 spiro atoms. The van der Waals surface area contributed by atoms with E-state index in [4.69, 9.17) is 9.47 Å². The van der Waals surface area contributed by atoms with Gasteiger partial charge in [0.25, 0.3) is 11.8 Å². The maximum atomic E-state index is 15.1. The fourth-order valence-corrected chi connectivity index (χ4v) is 4.77. The zero-order valence-corrected chi connectivity index (χ0v) is 23.3. The number of rotatable bonds is 5. The summed E-state index contributed by atoms with van der Waals surface area (Å²) in [4.78, 5) is 41.0. The molecule has 1 N–H and O–H groups in total. The summed E-state index contributed by atoms with van der Waals surface area (Å²) in [5.74, 6) is -1.07. The molecule has 2 aromatic rings. The number of fused-ring (bicyclic) bond motifs is 1. The van der Waals surface area contributed by atoms with Crippen molar-refractivity contribution in [1.82, 2.24) is 15.1 Å². The second-order valence-electron chi connectivity index (χ2n) is 11.2. The first kappa shape index (κ1) is 29.0. The molecule has 2 atom stereocenters. The Morgan fingerprint density at radius 2 is 1.93 bits per heavy atom. The number of amides is 3.